The number of benzene rings is 2. The van der Waals surface area contributed by atoms with Gasteiger partial charge in [0.05, 0.1) is 6.54 Å². The Morgan fingerprint density at radius 2 is 1.85 bits per heavy atom. The van der Waals surface area contributed by atoms with E-state index in [1.165, 1.54) is 5.56 Å². The Balaban J connectivity index is 1.59. The van der Waals surface area contributed by atoms with E-state index < -0.39 is 0 Å². The molecule has 5 rings (SSSR count). The number of nitrogens with two attached hydrogens (primary N) is 1. The first-order valence-corrected chi connectivity index (χ1v) is 12.5. The molecule has 4 aromatic rings. The van der Waals surface area contributed by atoms with E-state index in [-0.39, 0.29) is 11.6 Å². The van der Waals surface area contributed by atoms with Crippen LogP contribution >= 0.6 is 15.9 Å². The van der Waals surface area contributed by atoms with Gasteiger partial charge in [-0.3, -0.25) is 13.9 Å². The van der Waals surface area contributed by atoms with Crippen LogP contribution < -0.4 is 16.2 Å². The monoisotopic (exact) mass is 520 g/mol. The van der Waals surface area contributed by atoms with E-state index in [0.717, 1.165) is 54.2 Å². The van der Waals surface area contributed by atoms with Gasteiger partial charge in [-0.1, -0.05) is 58.4 Å². The van der Waals surface area contributed by atoms with Crippen LogP contribution in [0, 0.1) is 0 Å². The average molecular weight is 521 g/mol. The Morgan fingerprint density at radius 3 is 2.62 bits per heavy atom. The van der Waals surface area contributed by atoms with Gasteiger partial charge in [0.15, 0.2) is 11.2 Å². The number of halogens is 1. The highest BCUT2D eigenvalue weighted by Crippen LogP contribution is 2.25. The second-order valence-electron chi connectivity index (χ2n) is 9.03. The lowest BCUT2D eigenvalue weighted by Gasteiger charge is -2.31. The molecule has 34 heavy (non-hydrogen) atoms. The van der Waals surface area contributed by atoms with Crippen LogP contribution in [-0.4, -0.2) is 38.2 Å². The lowest BCUT2D eigenvalue weighted by Crippen LogP contribution is -2.44. The summed E-state index contributed by atoms with van der Waals surface area (Å²) in [6.45, 7) is 2.14. The maximum absolute atomic E-state index is 13.6. The minimum absolute atomic E-state index is 0.0666. The molecule has 176 valence electrons. The third-order valence-electron chi connectivity index (χ3n) is 6.51. The summed E-state index contributed by atoms with van der Waals surface area (Å²) in [5.41, 5.74) is 9.58. The molecule has 0 saturated carbocycles. The normalized spacial score (nSPS) is 16.3. The van der Waals surface area contributed by atoms with Gasteiger partial charge in [-0.2, -0.15) is 4.98 Å². The molecule has 2 N–H and O–H groups in total. The maximum Gasteiger partial charge on any atom is 0.279 e. The first-order valence-electron chi connectivity index (χ1n) is 11.7. The largest absolute Gasteiger partial charge is 0.341 e. The van der Waals surface area contributed by atoms with Gasteiger partial charge in [0.2, 0.25) is 5.95 Å². The van der Waals surface area contributed by atoms with E-state index in [1.54, 1.807) is 4.57 Å². The standard InChI is InChI=1S/C26H29BrN6O/c1-31-22(13-12-18-7-3-2-4-8-18)29-24-23(25(31)34)33(16-19-9-5-10-20(27)15-19)26(30-24)32-14-6-11-21(28)17-32/h2-5,7-10,15,21H,6,11-14,16-17,28H2,1H3. The highest BCUT2D eigenvalue weighted by molar-refractivity contribution is 9.10. The van der Waals surface area contributed by atoms with Crippen molar-refractivity contribution >= 4 is 33.0 Å². The summed E-state index contributed by atoms with van der Waals surface area (Å²) in [5.74, 6) is 1.52. The van der Waals surface area contributed by atoms with Crippen LogP contribution in [0.15, 0.2) is 63.9 Å². The summed E-state index contributed by atoms with van der Waals surface area (Å²) in [5, 5.41) is 0. The molecule has 0 amide bonds. The molecule has 0 radical (unpaired) electrons. The van der Waals surface area contributed by atoms with Crippen LogP contribution in [0.1, 0.15) is 29.8 Å². The second-order valence-corrected chi connectivity index (χ2v) is 9.94. The van der Waals surface area contributed by atoms with Crippen LogP contribution in [0.5, 0.6) is 0 Å². The summed E-state index contributed by atoms with van der Waals surface area (Å²) in [6, 6.07) is 18.5. The van der Waals surface area contributed by atoms with Gasteiger partial charge in [0.25, 0.3) is 5.56 Å². The summed E-state index contributed by atoms with van der Waals surface area (Å²) < 4.78 is 4.70. The van der Waals surface area contributed by atoms with Crippen molar-refractivity contribution in [2.24, 2.45) is 12.8 Å². The van der Waals surface area contributed by atoms with Gasteiger partial charge >= 0.3 is 0 Å². The van der Waals surface area contributed by atoms with Crippen molar-refractivity contribution in [3.05, 3.63) is 86.4 Å². The Kier molecular flexibility index (Phi) is 6.52. The molecule has 3 heterocycles. The van der Waals surface area contributed by atoms with Crippen molar-refractivity contribution in [3.63, 3.8) is 0 Å². The van der Waals surface area contributed by atoms with E-state index in [9.17, 15) is 4.79 Å². The van der Waals surface area contributed by atoms with Crippen LogP contribution in [0.25, 0.3) is 11.2 Å². The minimum atomic E-state index is -0.0666. The predicted octanol–water partition coefficient (Wildman–Crippen LogP) is 3.65. The number of fused-ring (bicyclic) bond motifs is 1. The zero-order valence-electron chi connectivity index (χ0n) is 19.3. The molecule has 1 unspecified atom stereocenters. The van der Waals surface area contributed by atoms with Gasteiger partial charge in [-0.05, 0) is 42.5 Å². The second kappa shape index (κ2) is 9.72. The van der Waals surface area contributed by atoms with E-state index in [2.05, 4.69) is 45.1 Å². The van der Waals surface area contributed by atoms with Gasteiger partial charge in [-0.25, -0.2) is 4.98 Å². The lowest BCUT2D eigenvalue weighted by molar-refractivity contribution is 0.495. The van der Waals surface area contributed by atoms with Gasteiger partial charge < -0.3 is 10.6 Å². The van der Waals surface area contributed by atoms with Crippen LogP contribution in [0.2, 0.25) is 0 Å². The maximum atomic E-state index is 13.6. The Labute approximate surface area is 207 Å². The molecular formula is C26H29BrN6O. The molecule has 8 heteroatoms. The summed E-state index contributed by atoms with van der Waals surface area (Å²) >= 11 is 3.56. The van der Waals surface area contributed by atoms with E-state index in [1.807, 2.05) is 41.9 Å². The number of piperidine rings is 1. The zero-order chi connectivity index (χ0) is 23.7. The first-order chi connectivity index (χ1) is 16.5. The fraction of sp³-hybridized carbons (Fsp3) is 0.346. The Morgan fingerprint density at radius 1 is 1.06 bits per heavy atom. The molecule has 1 saturated heterocycles. The number of aromatic nitrogens is 4. The molecular weight excluding hydrogens is 492 g/mol. The molecule has 1 atom stereocenters. The SMILES string of the molecule is Cn1c(CCc2ccccc2)nc2nc(N3CCCC(N)C3)n(Cc3cccc(Br)c3)c2c1=O. The number of rotatable bonds is 6. The molecule has 7 nitrogen and oxygen atoms in total. The molecule has 2 aromatic heterocycles. The van der Waals surface area contributed by atoms with E-state index in [0.29, 0.717) is 24.1 Å². The lowest BCUT2D eigenvalue weighted by atomic mass is 10.1. The summed E-state index contributed by atoms with van der Waals surface area (Å²) in [4.78, 5) is 25.6. The number of hydrogen-bond donors (Lipinski definition) is 1. The molecule has 1 fully saturated rings. The summed E-state index contributed by atoms with van der Waals surface area (Å²) in [6.07, 6.45) is 3.51. The van der Waals surface area contributed by atoms with Crippen LogP contribution in [-0.2, 0) is 26.4 Å². The molecule has 1 aliphatic heterocycles. The Hall–Kier alpha value is -2.97. The van der Waals surface area contributed by atoms with Crippen LogP contribution in [0.4, 0.5) is 5.95 Å². The predicted molar refractivity (Wildman–Crippen MR) is 139 cm³/mol. The highest BCUT2D eigenvalue weighted by Gasteiger charge is 2.25. The summed E-state index contributed by atoms with van der Waals surface area (Å²) in [7, 11) is 1.81. The number of hydrogen-bond acceptors (Lipinski definition) is 5. The van der Waals surface area contributed by atoms with Crippen molar-refractivity contribution < 1.29 is 0 Å². The quantitative estimate of drug-likeness (QED) is 0.419. The molecule has 2 aromatic carbocycles. The molecule has 0 aliphatic carbocycles. The number of aryl methyl sites for hydroxylation is 2. The van der Waals surface area contributed by atoms with Gasteiger partial charge in [0, 0.05) is 37.1 Å². The molecule has 1 aliphatic rings. The number of nitrogens with zero attached hydrogens (tertiary/aromatic N) is 5. The number of anilines is 1. The third kappa shape index (κ3) is 4.65. The highest BCUT2D eigenvalue weighted by atomic mass is 79.9. The zero-order valence-corrected chi connectivity index (χ0v) is 20.9. The van der Waals surface area contributed by atoms with E-state index in [4.69, 9.17) is 15.7 Å². The number of imidazole rings is 1. The molecule has 0 bridgehead atoms. The van der Waals surface area contributed by atoms with Crippen molar-refractivity contribution in [1.29, 1.82) is 0 Å². The topological polar surface area (TPSA) is 82.0 Å². The van der Waals surface area contributed by atoms with Crippen molar-refractivity contribution in [2.45, 2.75) is 38.3 Å². The van der Waals surface area contributed by atoms with Gasteiger partial charge in [0.1, 0.15) is 5.82 Å². The van der Waals surface area contributed by atoms with Gasteiger partial charge in [-0.15, -0.1) is 0 Å². The van der Waals surface area contributed by atoms with Crippen molar-refractivity contribution in [2.75, 3.05) is 18.0 Å². The Bertz CT molecular complexity index is 1360. The van der Waals surface area contributed by atoms with Crippen molar-refractivity contribution in [3.8, 4) is 0 Å². The fourth-order valence-electron chi connectivity index (χ4n) is 4.72. The third-order valence-corrected chi connectivity index (χ3v) is 7.00. The first kappa shape index (κ1) is 22.8. The molecule has 0 spiro atoms. The smallest absolute Gasteiger partial charge is 0.279 e. The minimum Gasteiger partial charge on any atom is -0.341 e. The fourth-order valence-corrected chi connectivity index (χ4v) is 5.16. The average Bonchev–Trinajstić information content (AvgIpc) is 3.19. The van der Waals surface area contributed by atoms with E-state index >= 15 is 0 Å². The van der Waals surface area contributed by atoms with Crippen molar-refractivity contribution in [1.82, 2.24) is 19.1 Å². The van der Waals surface area contributed by atoms with Crippen LogP contribution in [0.3, 0.4) is 0 Å².